The second-order valence-electron chi connectivity index (χ2n) is 11.1. The Morgan fingerprint density at radius 3 is 2.19 bits per heavy atom. The first-order valence-corrected chi connectivity index (χ1v) is 16.4. The minimum Gasteiger partial charge on any atom is -0.508 e. The van der Waals surface area contributed by atoms with Crippen LogP contribution in [0.2, 0.25) is 0 Å². The smallest absolute Gasteiger partial charge is 0.246 e. The Labute approximate surface area is 281 Å². The third kappa shape index (κ3) is 9.52. The maximum atomic E-state index is 13.7. The number of carbonyl (C=O) groups excluding carboxylic acids is 3. The summed E-state index contributed by atoms with van der Waals surface area (Å²) in [7, 11) is 0. The van der Waals surface area contributed by atoms with E-state index in [0.29, 0.717) is 62.8 Å². The van der Waals surface area contributed by atoms with E-state index in [1.165, 1.54) is 16.2 Å². The van der Waals surface area contributed by atoms with Crippen molar-refractivity contribution < 1.29 is 48.7 Å². The molecule has 0 unspecified atom stereocenters. The Morgan fingerprint density at radius 1 is 0.833 bits per heavy atom. The Morgan fingerprint density at radius 2 is 1.50 bits per heavy atom. The predicted molar refractivity (Wildman–Crippen MR) is 179 cm³/mol. The van der Waals surface area contributed by atoms with Gasteiger partial charge in [-0.1, -0.05) is 0 Å². The molecule has 3 aromatic carbocycles. The highest BCUT2D eigenvalue weighted by molar-refractivity contribution is 7.22. The molecule has 2 amide bonds. The molecule has 4 N–H and O–H groups in total. The SMILES string of the molecule is O=C(COCCOCCOCCOc1ccc(C(=O)c2c(-c3ccc(O)cc3)sc3cc(O)ccc23)cc1)NCC(=O)N1CC[C@@H](O)C1. The molecule has 1 saturated heterocycles. The lowest BCUT2D eigenvalue weighted by Gasteiger charge is -2.15. The molecule has 13 heteroatoms. The molecule has 5 rings (SSSR count). The van der Waals surface area contributed by atoms with Gasteiger partial charge in [0, 0.05) is 39.2 Å². The zero-order chi connectivity index (χ0) is 33.9. The lowest BCUT2D eigenvalue weighted by Crippen LogP contribution is -2.40. The van der Waals surface area contributed by atoms with Gasteiger partial charge in [0.15, 0.2) is 5.78 Å². The number of nitrogens with zero attached hydrogens (tertiary/aromatic N) is 1. The number of fused-ring (bicyclic) bond motifs is 1. The van der Waals surface area contributed by atoms with E-state index in [9.17, 15) is 29.7 Å². The number of hydrogen-bond acceptors (Lipinski definition) is 11. The lowest BCUT2D eigenvalue weighted by molar-refractivity contribution is -0.133. The van der Waals surface area contributed by atoms with Crippen LogP contribution in [0.15, 0.2) is 66.7 Å². The second kappa shape index (κ2) is 17.0. The van der Waals surface area contributed by atoms with Crippen LogP contribution >= 0.6 is 11.3 Å². The predicted octanol–water partition coefficient (Wildman–Crippen LogP) is 3.35. The summed E-state index contributed by atoms with van der Waals surface area (Å²) in [5, 5.41) is 32.5. The van der Waals surface area contributed by atoms with Crippen LogP contribution in [0.1, 0.15) is 22.3 Å². The van der Waals surface area contributed by atoms with Crippen LogP contribution in [0, 0.1) is 0 Å². The number of nitrogens with one attached hydrogen (secondary N) is 1. The number of aromatic hydroxyl groups is 2. The summed E-state index contributed by atoms with van der Waals surface area (Å²) in [5.41, 5.74) is 1.81. The van der Waals surface area contributed by atoms with Gasteiger partial charge in [-0.15, -0.1) is 11.3 Å². The fraction of sp³-hybridized carbons (Fsp3) is 0.343. The number of thiophene rings is 1. The molecule has 1 aliphatic rings. The van der Waals surface area contributed by atoms with Gasteiger partial charge in [-0.25, -0.2) is 0 Å². The van der Waals surface area contributed by atoms with Crippen molar-refractivity contribution in [3.8, 4) is 27.7 Å². The van der Waals surface area contributed by atoms with Crippen molar-refractivity contribution in [2.24, 2.45) is 0 Å². The van der Waals surface area contributed by atoms with Crippen molar-refractivity contribution in [1.29, 1.82) is 0 Å². The first-order valence-electron chi connectivity index (χ1n) is 15.6. The van der Waals surface area contributed by atoms with E-state index < -0.39 is 12.0 Å². The summed E-state index contributed by atoms with van der Waals surface area (Å²) < 4.78 is 22.8. The number of benzene rings is 3. The van der Waals surface area contributed by atoms with Crippen LogP contribution in [0.3, 0.4) is 0 Å². The summed E-state index contributed by atoms with van der Waals surface area (Å²) in [4.78, 5) is 39.8. The second-order valence-corrected chi connectivity index (χ2v) is 12.1. The average Bonchev–Trinajstić information content (AvgIpc) is 3.69. The monoisotopic (exact) mass is 678 g/mol. The topological polar surface area (TPSA) is 164 Å². The summed E-state index contributed by atoms with van der Waals surface area (Å²) in [6.07, 6.45) is 0.0545. The molecule has 1 fully saturated rings. The largest absolute Gasteiger partial charge is 0.508 e. The van der Waals surface area contributed by atoms with E-state index in [4.69, 9.17) is 18.9 Å². The normalized spacial score (nSPS) is 14.4. The Kier molecular flexibility index (Phi) is 12.4. The zero-order valence-electron chi connectivity index (χ0n) is 26.3. The number of aliphatic hydroxyl groups excluding tert-OH is 1. The van der Waals surface area contributed by atoms with Crippen molar-refractivity contribution in [2.75, 3.05) is 65.9 Å². The molecule has 1 aliphatic heterocycles. The molecular weight excluding hydrogens is 640 g/mol. The number of ether oxygens (including phenoxy) is 4. The van der Waals surface area contributed by atoms with Crippen LogP contribution < -0.4 is 10.1 Å². The molecule has 1 aromatic heterocycles. The van der Waals surface area contributed by atoms with Gasteiger partial charge in [0.1, 0.15) is 30.5 Å². The van der Waals surface area contributed by atoms with Gasteiger partial charge in [-0.2, -0.15) is 0 Å². The molecule has 0 saturated carbocycles. The number of ketones is 1. The summed E-state index contributed by atoms with van der Waals surface area (Å²) in [6, 6.07) is 18.5. The van der Waals surface area contributed by atoms with E-state index in [2.05, 4.69) is 5.32 Å². The first-order chi connectivity index (χ1) is 23.3. The van der Waals surface area contributed by atoms with Gasteiger partial charge < -0.3 is 44.5 Å². The van der Waals surface area contributed by atoms with Gasteiger partial charge in [-0.05, 0) is 78.7 Å². The summed E-state index contributed by atoms with van der Waals surface area (Å²) >= 11 is 1.41. The van der Waals surface area contributed by atoms with Crippen molar-refractivity contribution in [3.63, 3.8) is 0 Å². The fourth-order valence-corrected chi connectivity index (χ4v) is 6.34. The maximum Gasteiger partial charge on any atom is 0.246 e. The number of hydrogen-bond donors (Lipinski definition) is 4. The molecule has 254 valence electrons. The highest BCUT2D eigenvalue weighted by Gasteiger charge is 2.25. The maximum absolute atomic E-state index is 13.7. The Balaban J connectivity index is 0.969. The number of phenols is 2. The minimum atomic E-state index is -0.498. The molecule has 4 aromatic rings. The fourth-order valence-electron chi connectivity index (χ4n) is 5.10. The number of amides is 2. The summed E-state index contributed by atoms with van der Waals surface area (Å²) in [5.74, 6) is 0.0531. The van der Waals surface area contributed by atoms with Crippen molar-refractivity contribution in [1.82, 2.24) is 10.2 Å². The van der Waals surface area contributed by atoms with E-state index in [-0.39, 0.29) is 49.6 Å². The number of phenolic OH excluding ortho intramolecular Hbond substituents is 2. The molecule has 1 atom stereocenters. The molecule has 0 aliphatic carbocycles. The first kappa shape index (κ1) is 34.8. The van der Waals surface area contributed by atoms with Crippen LogP contribution in [-0.4, -0.2) is 110 Å². The average molecular weight is 679 g/mol. The molecule has 0 bridgehead atoms. The summed E-state index contributed by atoms with van der Waals surface area (Å²) in [6.45, 7) is 2.30. The Hall–Kier alpha value is -4.53. The van der Waals surface area contributed by atoms with Crippen molar-refractivity contribution >= 4 is 39.0 Å². The van der Waals surface area contributed by atoms with E-state index >= 15 is 0 Å². The van der Waals surface area contributed by atoms with Gasteiger partial charge in [0.25, 0.3) is 0 Å². The molecule has 0 radical (unpaired) electrons. The van der Waals surface area contributed by atoms with Crippen LogP contribution in [0.4, 0.5) is 0 Å². The number of likely N-dealkylation sites (tertiary alicyclic amines) is 1. The molecule has 0 spiro atoms. The van der Waals surface area contributed by atoms with Crippen molar-refractivity contribution in [2.45, 2.75) is 12.5 Å². The highest BCUT2D eigenvalue weighted by atomic mass is 32.1. The molecule has 48 heavy (non-hydrogen) atoms. The molecule has 12 nitrogen and oxygen atoms in total. The molecule has 2 heterocycles. The third-order valence-corrected chi connectivity index (χ3v) is 8.77. The van der Waals surface area contributed by atoms with Crippen LogP contribution in [-0.2, 0) is 23.8 Å². The molecular formula is C35H38N2O10S. The number of aliphatic hydroxyl groups is 1. The zero-order valence-corrected chi connectivity index (χ0v) is 27.1. The highest BCUT2D eigenvalue weighted by Crippen LogP contribution is 2.41. The standard InChI is InChI=1S/C35H38N2O10S/c38-25-5-1-24(2-6-25)35-33(29-10-7-26(39)19-30(29)48-35)34(43)23-3-8-28(9-4-23)47-18-17-45-14-13-44-15-16-46-22-31(41)36-20-32(42)37-12-11-27(40)21-37/h1-10,19,27,38-40H,11-18,20-22H2,(H,36,41)/t27-/m1/s1. The number of rotatable bonds is 17. The quantitative estimate of drug-likeness (QED) is 0.0962. The van der Waals surface area contributed by atoms with Gasteiger partial charge in [0.05, 0.1) is 45.7 Å². The van der Waals surface area contributed by atoms with E-state index in [1.54, 1.807) is 66.7 Å². The van der Waals surface area contributed by atoms with E-state index in [1.807, 2.05) is 0 Å². The van der Waals surface area contributed by atoms with Gasteiger partial charge in [-0.3, -0.25) is 14.4 Å². The van der Waals surface area contributed by atoms with Crippen LogP contribution in [0.5, 0.6) is 17.2 Å². The van der Waals surface area contributed by atoms with E-state index in [0.717, 1.165) is 20.5 Å². The Bertz CT molecular complexity index is 1690. The number of β-amino-alcohol motifs (C(OH)–C–C–N with tert-alkyl or cyclic N) is 1. The van der Waals surface area contributed by atoms with Gasteiger partial charge >= 0.3 is 0 Å². The van der Waals surface area contributed by atoms with Crippen LogP contribution in [0.25, 0.3) is 20.5 Å². The van der Waals surface area contributed by atoms with Crippen molar-refractivity contribution in [3.05, 3.63) is 77.9 Å². The third-order valence-electron chi connectivity index (χ3n) is 7.57. The lowest BCUT2D eigenvalue weighted by atomic mass is 9.97. The minimum absolute atomic E-state index is 0.120. The number of carbonyl (C=O) groups is 3. The van der Waals surface area contributed by atoms with Gasteiger partial charge in [0.2, 0.25) is 11.8 Å².